The maximum Gasteiger partial charge on any atom is 0.230 e. The summed E-state index contributed by atoms with van der Waals surface area (Å²) in [6.45, 7) is 3.23. The summed E-state index contributed by atoms with van der Waals surface area (Å²) < 4.78 is 2.08. The molecule has 0 bridgehead atoms. The van der Waals surface area contributed by atoms with E-state index in [1.807, 2.05) is 60.7 Å². The minimum atomic E-state index is -0.0276. The van der Waals surface area contributed by atoms with E-state index in [2.05, 4.69) is 51.3 Å². The second kappa shape index (κ2) is 10.1. The van der Waals surface area contributed by atoms with Crippen LogP contribution >= 0.6 is 11.8 Å². The Morgan fingerprint density at radius 1 is 0.903 bits per heavy atom. The predicted molar refractivity (Wildman–Crippen MR) is 125 cm³/mol. The highest BCUT2D eigenvalue weighted by atomic mass is 32.2. The van der Waals surface area contributed by atoms with Gasteiger partial charge in [0.25, 0.3) is 0 Å². The van der Waals surface area contributed by atoms with Gasteiger partial charge in [-0.25, -0.2) is 0 Å². The quantitative estimate of drug-likeness (QED) is 0.413. The molecule has 156 valence electrons. The van der Waals surface area contributed by atoms with Crippen molar-refractivity contribution in [1.82, 2.24) is 20.1 Å². The van der Waals surface area contributed by atoms with E-state index in [4.69, 9.17) is 0 Å². The number of carbonyl (C=O) groups excluding carboxylic acids is 1. The van der Waals surface area contributed by atoms with Crippen LogP contribution in [0.4, 0.5) is 0 Å². The normalized spacial score (nSPS) is 10.7. The first-order valence-electron chi connectivity index (χ1n) is 10.2. The van der Waals surface area contributed by atoms with Gasteiger partial charge in [-0.05, 0) is 24.1 Å². The topological polar surface area (TPSA) is 59.8 Å². The van der Waals surface area contributed by atoms with Crippen molar-refractivity contribution < 1.29 is 4.79 Å². The van der Waals surface area contributed by atoms with Crippen molar-refractivity contribution in [3.8, 4) is 11.4 Å². The van der Waals surface area contributed by atoms with Crippen molar-refractivity contribution in [1.29, 1.82) is 0 Å². The van der Waals surface area contributed by atoms with Crippen molar-refractivity contribution in [3.63, 3.8) is 0 Å². The maximum atomic E-state index is 12.4. The standard InChI is InChI=1S/C25H24N4OS/c1-19-9-8-14-22(15-19)24-27-28-25(29(24)17-21-12-6-3-7-13-21)31-18-23(30)26-16-20-10-4-2-5-11-20/h2-15H,16-18H2,1H3,(H,26,30). The molecule has 0 saturated heterocycles. The minimum Gasteiger partial charge on any atom is -0.351 e. The molecule has 4 aromatic rings. The van der Waals surface area contributed by atoms with Crippen molar-refractivity contribution in [2.24, 2.45) is 0 Å². The summed E-state index contributed by atoms with van der Waals surface area (Å²) in [4.78, 5) is 12.4. The Balaban J connectivity index is 1.50. The van der Waals surface area contributed by atoms with E-state index in [-0.39, 0.29) is 11.7 Å². The Hall–Kier alpha value is -3.38. The van der Waals surface area contributed by atoms with Gasteiger partial charge in [-0.15, -0.1) is 10.2 Å². The summed E-state index contributed by atoms with van der Waals surface area (Å²) in [5.41, 5.74) is 4.42. The molecular formula is C25H24N4OS. The van der Waals surface area contributed by atoms with Gasteiger partial charge in [0.2, 0.25) is 5.91 Å². The van der Waals surface area contributed by atoms with Gasteiger partial charge in [0.05, 0.1) is 12.3 Å². The molecule has 0 fully saturated rings. The van der Waals surface area contributed by atoms with Crippen LogP contribution in [0.2, 0.25) is 0 Å². The molecule has 0 atom stereocenters. The summed E-state index contributed by atoms with van der Waals surface area (Å²) in [6.07, 6.45) is 0. The number of nitrogens with zero attached hydrogens (tertiary/aromatic N) is 3. The Labute approximate surface area is 186 Å². The van der Waals surface area contributed by atoms with E-state index in [0.29, 0.717) is 13.1 Å². The molecule has 0 aliphatic carbocycles. The fraction of sp³-hybridized carbons (Fsp3) is 0.160. The number of hydrogen-bond acceptors (Lipinski definition) is 4. The Bertz CT molecular complexity index is 1140. The van der Waals surface area contributed by atoms with E-state index in [9.17, 15) is 4.79 Å². The zero-order valence-corrected chi connectivity index (χ0v) is 18.2. The average molecular weight is 429 g/mol. The predicted octanol–water partition coefficient (Wildman–Crippen LogP) is 4.71. The lowest BCUT2D eigenvalue weighted by molar-refractivity contribution is -0.118. The number of carbonyl (C=O) groups is 1. The summed E-state index contributed by atoms with van der Waals surface area (Å²) in [7, 11) is 0. The molecule has 0 spiro atoms. The zero-order valence-electron chi connectivity index (χ0n) is 17.4. The number of aryl methyl sites for hydroxylation is 1. The van der Waals surface area contributed by atoms with Gasteiger partial charge in [-0.1, -0.05) is 96.2 Å². The fourth-order valence-electron chi connectivity index (χ4n) is 3.28. The van der Waals surface area contributed by atoms with Crippen molar-refractivity contribution in [2.45, 2.75) is 25.2 Å². The number of thioether (sulfide) groups is 1. The third kappa shape index (κ3) is 5.61. The van der Waals surface area contributed by atoms with Crippen LogP contribution in [0.3, 0.4) is 0 Å². The lowest BCUT2D eigenvalue weighted by atomic mass is 10.1. The van der Waals surface area contributed by atoms with Crippen LogP contribution < -0.4 is 5.32 Å². The molecule has 0 aliphatic rings. The number of amides is 1. The number of nitrogens with one attached hydrogen (secondary N) is 1. The smallest absolute Gasteiger partial charge is 0.230 e. The number of aromatic nitrogens is 3. The van der Waals surface area contributed by atoms with Crippen LogP contribution in [0.25, 0.3) is 11.4 Å². The molecule has 1 aromatic heterocycles. The van der Waals surface area contributed by atoms with E-state index in [1.54, 1.807) is 0 Å². The Morgan fingerprint density at radius 3 is 2.32 bits per heavy atom. The molecule has 6 heteroatoms. The number of benzene rings is 3. The Kier molecular flexibility index (Phi) is 6.79. The van der Waals surface area contributed by atoms with E-state index in [1.165, 1.54) is 17.3 Å². The van der Waals surface area contributed by atoms with Crippen LogP contribution in [0.1, 0.15) is 16.7 Å². The lowest BCUT2D eigenvalue weighted by Gasteiger charge is -2.11. The van der Waals surface area contributed by atoms with E-state index in [0.717, 1.165) is 27.7 Å². The van der Waals surface area contributed by atoms with Gasteiger partial charge in [0.15, 0.2) is 11.0 Å². The number of rotatable bonds is 8. The van der Waals surface area contributed by atoms with Gasteiger partial charge in [-0.2, -0.15) is 0 Å². The van der Waals surface area contributed by atoms with Crippen molar-refractivity contribution in [3.05, 3.63) is 102 Å². The minimum absolute atomic E-state index is 0.0276. The summed E-state index contributed by atoms with van der Waals surface area (Å²) >= 11 is 1.41. The van der Waals surface area contributed by atoms with E-state index < -0.39 is 0 Å². The third-order valence-corrected chi connectivity index (χ3v) is 5.81. The molecule has 3 aromatic carbocycles. The Morgan fingerprint density at radius 2 is 1.61 bits per heavy atom. The molecule has 1 heterocycles. The first-order valence-corrected chi connectivity index (χ1v) is 11.2. The lowest BCUT2D eigenvalue weighted by Crippen LogP contribution is -2.24. The van der Waals surface area contributed by atoms with Crippen LogP contribution in [0.15, 0.2) is 90.1 Å². The number of hydrogen-bond donors (Lipinski definition) is 1. The third-order valence-electron chi connectivity index (χ3n) is 4.84. The first kappa shape index (κ1) is 20.9. The van der Waals surface area contributed by atoms with Crippen LogP contribution in [-0.4, -0.2) is 26.4 Å². The van der Waals surface area contributed by atoms with Gasteiger partial charge >= 0.3 is 0 Å². The maximum absolute atomic E-state index is 12.4. The summed E-state index contributed by atoms with van der Waals surface area (Å²) in [6, 6.07) is 28.3. The molecule has 31 heavy (non-hydrogen) atoms. The molecule has 0 aliphatic heterocycles. The fourth-order valence-corrected chi connectivity index (χ4v) is 4.05. The first-order chi connectivity index (χ1) is 15.2. The molecule has 0 unspecified atom stereocenters. The van der Waals surface area contributed by atoms with Gasteiger partial charge < -0.3 is 5.32 Å². The molecule has 5 nitrogen and oxygen atoms in total. The molecule has 1 N–H and O–H groups in total. The van der Waals surface area contributed by atoms with Gasteiger partial charge in [0, 0.05) is 12.1 Å². The zero-order chi connectivity index (χ0) is 21.5. The second-order valence-corrected chi connectivity index (χ2v) is 8.24. The second-order valence-electron chi connectivity index (χ2n) is 7.30. The molecule has 0 radical (unpaired) electrons. The highest BCUT2D eigenvalue weighted by Crippen LogP contribution is 2.25. The molecule has 0 saturated carbocycles. The molecular weight excluding hydrogens is 404 g/mol. The van der Waals surface area contributed by atoms with Crippen molar-refractivity contribution >= 4 is 17.7 Å². The van der Waals surface area contributed by atoms with Gasteiger partial charge in [0.1, 0.15) is 0 Å². The summed E-state index contributed by atoms with van der Waals surface area (Å²) in [5.74, 6) is 1.06. The van der Waals surface area contributed by atoms with Crippen molar-refractivity contribution in [2.75, 3.05) is 5.75 Å². The average Bonchev–Trinajstić information content (AvgIpc) is 3.20. The molecule has 1 amide bonds. The monoisotopic (exact) mass is 428 g/mol. The molecule has 4 rings (SSSR count). The highest BCUT2D eigenvalue weighted by Gasteiger charge is 2.16. The highest BCUT2D eigenvalue weighted by molar-refractivity contribution is 7.99. The van der Waals surface area contributed by atoms with E-state index >= 15 is 0 Å². The van der Waals surface area contributed by atoms with Crippen LogP contribution in [0.5, 0.6) is 0 Å². The van der Waals surface area contributed by atoms with Crippen LogP contribution in [0, 0.1) is 6.92 Å². The van der Waals surface area contributed by atoms with Crippen LogP contribution in [-0.2, 0) is 17.9 Å². The SMILES string of the molecule is Cc1cccc(-c2nnc(SCC(=O)NCc3ccccc3)n2Cc2ccccc2)c1. The summed E-state index contributed by atoms with van der Waals surface area (Å²) in [5, 5.41) is 12.6. The van der Waals surface area contributed by atoms with Gasteiger partial charge in [-0.3, -0.25) is 9.36 Å². The largest absolute Gasteiger partial charge is 0.351 e.